The lowest BCUT2D eigenvalue weighted by atomic mass is 9.89. The smallest absolute Gasteiger partial charge is 0.147 e. The molecule has 3 aromatic rings. The third-order valence-corrected chi connectivity index (χ3v) is 5.55. The molecule has 0 aliphatic rings. The topological polar surface area (TPSA) is 73.4 Å². The van der Waals surface area contributed by atoms with Gasteiger partial charge in [-0.05, 0) is 29.8 Å². The van der Waals surface area contributed by atoms with E-state index in [4.69, 9.17) is 21.8 Å². The molecule has 3 rings (SSSR count). The Balaban J connectivity index is 0.000000257. The zero-order valence-electron chi connectivity index (χ0n) is 20.4. The van der Waals surface area contributed by atoms with Gasteiger partial charge in [0.1, 0.15) is 17.3 Å². The molecule has 0 saturated heterocycles. The molecule has 0 aliphatic heterocycles. The molecule has 170 valence electrons. The Morgan fingerprint density at radius 3 is 1.67 bits per heavy atom. The van der Waals surface area contributed by atoms with Gasteiger partial charge in [0.05, 0.1) is 16.8 Å². The van der Waals surface area contributed by atoms with Crippen molar-refractivity contribution in [1.82, 2.24) is 9.97 Å². The van der Waals surface area contributed by atoms with Crippen molar-refractivity contribution in [2.75, 3.05) is 0 Å². The monoisotopic (exact) mass is 458 g/mol. The minimum atomic E-state index is -0.0301. The summed E-state index contributed by atoms with van der Waals surface area (Å²) in [5.74, 6) is 0.119. The van der Waals surface area contributed by atoms with Gasteiger partial charge in [0.2, 0.25) is 0 Å². The lowest BCUT2D eigenvalue weighted by molar-refractivity contribution is 0.563. The van der Waals surface area contributed by atoms with Crippen molar-refractivity contribution in [1.29, 1.82) is 10.5 Å². The maximum absolute atomic E-state index is 9.32. The number of hydrogen-bond acceptors (Lipinski definition) is 4. The van der Waals surface area contributed by atoms with Gasteiger partial charge in [0, 0.05) is 28.1 Å². The van der Waals surface area contributed by atoms with Gasteiger partial charge in [0.15, 0.2) is 0 Å². The number of rotatable bonds is 2. The molecule has 1 unspecified atom stereocenters. The van der Waals surface area contributed by atoms with Crippen LogP contribution in [0.2, 0.25) is 5.15 Å². The molecule has 4 nitrogen and oxygen atoms in total. The van der Waals surface area contributed by atoms with Gasteiger partial charge in [-0.15, -0.1) is 0 Å². The summed E-state index contributed by atoms with van der Waals surface area (Å²) in [5.41, 5.74) is 5.01. The molecule has 0 bridgehead atoms. The highest BCUT2D eigenvalue weighted by Gasteiger charge is 2.20. The summed E-state index contributed by atoms with van der Waals surface area (Å²) in [4.78, 5) is 8.93. The fourth-order valence-electron chi connectivity index (χ4n) is 3.15. The Kier molecular flexibility index (Phi) is 8.37. The van der Waals surface area contributed by atoms with Crippen LogP contribution in [0.15, 0.2) is 54.6 Å². The van der Waals surface area contributed by atoms with Crippen LogP contribution in [0.4, 0.5) is 0 Å². The van der Waals surface area contributed by atoms with E-state index >= 15 is 0 Å². The molecule has 0 spiro atoms. The average Bonchev–Trinajstić information content (AvgIpc) is 2.78. The van der Waals surface area contributed by atoms with Crippen molar-refractivity contribution < 1.29 is 0 Å². The summed E-state index contributed by atoms with van der Waals surface area (Å²) < 4.78 is 0. The normalized spacial score (nSPS) is 12.1. The lowest BCUT2D eigenvalue weighted by Gasteiger charge is -2.21. The molecule has 0 N–H and O–H groups in total. The van der Waals surface area contributed by atoms with Crippen LogP contribution in [0, 0.1) is 22.7 Å². The van der Waals surface area contributed by atoms with Gasteiger partial charge < -0.3 is 0 Å². The highest BCUT2D eigenvalue weighted by molar-refractivity contribution is 6.30. The van der Waals surface area contributed by atoms with Crippen LogP contribution in [-0.4, -0.2) is 9.97 Å². The first kappa shape index (κ1) is 26.0. The standard InChI is InChI=1S/C18H20N2.C10H11ClN2/c1-13(14-8-6-5-7-9-14)17-15(12-19)10-11-16(20-17)18(2,3)4;1-10(2,3)8-5-4-7(6-12)9(11)13-8/h5-11,13H,1-4H3;4-5H,1-3H3. The van der Waals surface area contributed by atoms with E-state index in [9.17, 15) is 5.26 Å². The predicted molar refractivity (Wildman–Crippen MR) is 134 cm³/mol. The van der Waals surface area contributed by atoms with E-state index in [2.05, 4.69) is 71.7 Å². The van der Waals surface area contributed by atoms with E-state index in [1.54, 1.807) is 6.07 Å². The first-order valence-electron chi connectivity index (χ1n) is 10.9. The van der Waals surface area contributed by atoms with Gasteiger partial charge >= 0.3 is 0 Å². The van der Waals surface area contributed by atoms with Gasteiger partial charge in [-0.25, -0.2) is 4.98 Å². The summed E-state index contributed by atoms with van der Waals surface area (Å²) >= 11 is 5.80. The van der Waals surface area contributed by atoms with Crippen molar-refractivity contribution in [3.8, 4) is 12.1 Å². The Bertz CT molecular complexity index is 1170. The molecule has 0 radical (unpaired) electrons. The highest BCUT2D eigenvalue weighted by Crippen LogP contribution is 2.28. The van der Waals surface area contributed by atoms with Crippen molar-refractivity contribution in [2.45, 2.75) is 65.2 Å². The minimum Gasteiger partial charge on any atom is -0.255 e. The van der Waals surface area contributed by atoms with Crippen LogP contribution in [0.5, 0.6) is 0 Å². The van der Waals surface area contributed by atoms with Gasteiger partial charge in [-0.1, -0.05) is 90.4 Å². The van der Waals surface area contributed by atoms with Crippen LogP contribution >= 0.6 is 11.6 Å². The van der Waals surface area contributed by atoms with E-state index in [0.717, 1.165) is 17.1 Å². The first-order valence-corrected chi connectivity index (χ1v) is 11.3. The zero-order chi connectivity index (χ0) is 24.8. The maximum Gasteiger partial charge on any atom is 0.147 e. The van der Waals surface area contributed by atoms with E-state index in [1.165, 1.54) is 5.56 Å². The molecule has 0 amide bonds. The number of nitriles is 2. The third kappa shape index (κ3) is 6.88. The van der Waals surface area contributed by atoms with Crippen LogP contribution < -0.4 is 0 Å². The summed E-state index contributed by atoms with van der Waals surface area (Å²) in [7, 11) is 0. The molecule has 0 saturated carbocycles. The molecular weight excluding hydrogens is 428 g/mol. The molecule has 2 aromatic heterocycles. The first-order chi connectivity index (χ1) is 15.4. The van der Waals surface area contributed by atoms with Crippen molar-refractivity contribution >= 4 is 11.6 Å². The number of pyridine rings is 2. The Hall–Kier alpha value is -3.21. The largest absolute Gasteiger partial charge is 0.255 e. The fraction of sp³-hybridized carbons (Fsp3) is 0.357. The zero-order valence-corrected chi connectivity index (χ0v) is 21.2. The SMILES string of the molecule is CC(C)(C)c1ccc(C#N)c(Cl)n1.CC(c1ccccc1)c1nc(C(C)(C)C)ccc1C#N. The van der Waals surface area contributed by atoms with Crippen molar-refractivity contribution in [2.24, 2.45) is 0 Å². The summed E-state index contributed by atoms with van der Waals surface area (Å²) in [6.45, 7) is 14.7. The average molecular weight is 459 g/mol. The second-order valence-electron chi connectivity index (χ2n) is 10.0. The molecule has 2 heterocycles. The molecular formula is C28H31ClN4. The molecule has 1 aromatic carbocycles. The number of benzene rings is 1. The lowest BCUT2D eigenvalue weighted by Crippen LogP contribution is -2.16. The summed E-state index contributed by atoms with van der Waals surface area (Å²) in [6.07, 6.45) is 0. The van der Waals surface area contributed by atoms with Crippen molar-refractivity contribution in [3.63, 3.8) is 0 Å². The number of hydrogen-bond donors (Lipinski definition) is 0. The number of aromatic nitrogens is 2. The second-order valence-corrected chi connectivity index (χ2v) is 10.4. The molecule has 0 fully saturated rings. The summed E-state index contributed by atoms with van der Waals surface area (Å²) in [6, 6.07) is 21.8. The highest BCUT2D eigenvalue weighted by atomic mass is 35.5. The molecule has 33 heavy (non-hydrogen) atoms. The second kappa shape index (κ2) is 10.6. The van der Waals surface area contributed by atoms with Crippen LogP contribution in [0.1, 0.15) is 88.2 Å². The molecule has 5 heteroatoms. The van der Waals surface area contributed by atoms with Crippen molar-refractivity contribution in [3.05, 3.63) is 93.5 Å². The van der Waals surface area contributed by atoms with E-state index in [-0.39, 0.29) is 21.9 Å². The quantitative estimate of drug-likeness (QED) is 0.377. The van der Waals surface area contributed by atoms with Crippen LogP contribution in [-0.2, 0) is 10.8 Å². The van der Waals surface area contributed by atoms with E-state index in [0.29, 0.717) is 11.1 Å². The van der Waals surface area contributed by atoms with Gasteiger partial charge in [0.25, 0.3) is 0 Å². The van der Waals surface area contributed by atoms with Crippen LogP contribution in [0.3, 0.4) is 0 Å². The van der Waals surface area contributed by atoms with E-state index in [1.807, 2.05) is 42.5 Å². The summed E-state index contributed by atoms with van der Waals surface area (Å²) in [5, 5.41) is 18.2. The van der Waals surface area contributed by atoms with Gasteiger partial charge in [-0.3, -0.25) is 4.98 Å². The van der Waals surface area contributed by atoms with Gasteiger partial charge in [-0.2, -0.15) is 10.5 Å². The Labute approximate surface area is 202 Å². The number of nitrogens with zero attached hydrogens (tertiary/aromatic N) is 4. The Morgan fingerprint density at radius 1 is 0.727 bits per heavy atom. The predicted octanol–water partition coefficient (Wildman–Crippen LogP) is 7.31. The maximum atomic E-state index is 9.32. The fourth-order valence-corrected chi connectivity index (χ4v) is 3.35. The van der Waals surface area contributed by atoms with E-state index < -0.39 is 0 Å². The Morgan fingerprint density at radius 2 is 1.21 bits per heavy atom. The minimum absolute atomic E-state index is 0.0147. The molecule has 0 aliphatic carbocycles. The number of halogens is 1. The third-order valence-electron chi connectivity index (χ3n) is 5.26. The van der Waals surface area contributed by atoms with Crippen LogP contribution in [0.25, 0.3) is 0 Å². The molecule has 1 atom stereocenters.